The van der Waals surface area contributed by atoms with Crippen molar-refractivity contribution in [1.82, 2.24) is 0 Å². The topological polar surface area (TPSA) is 46.2 Å². The van der Waals surface area contributed by atoms with Crippen LogP contribution in [0.15, 0.2) is 24.3 Å². The van der Waals surface area contributed by atoms with Crippen LogP contribution in [0.2, 0.25) is 36.3 Å². The second-order valence-corrected chi connectivity index (χ2v) is 24.3. The molecule has 1 aliphatic rings. The molecule has 0 bridgehead atoms. The van der Waals surface area contributed by atoms with Crippen molar-refractivity contribution in [2.24, 2.45) is 5.92 Å². The van der Waals surface area contributed by atoms with Gasteiger partial charge in [0.1, 0.15) is 5.75 Å². The zero-order valence-electron chi connectivity index (χ0n) is 24.7. The van der Waals surface area contributed by atoms with E-state index in [0.29, 0.717) is 19.8 Å². The van der Waals surface area contributed by atoms with Gasteiger partial charge in [0.05, 0.1) is 49.2 Å². The van der Waals surface area contributed by atoms with E-state index in [0.717, 1.165) is 11.3 Å². The largest absolute Gasteiger partial charge is 0.497 e. The molecule has 1 saturated heterocycles. The minimum absolute atomic E-state index is 0.0287. The lowest BCUT2D eigenvalue weighted by Crippen LogP contribution is -2.57. The first kappa shape index (κ1) is 32.2. The summed E-state index contributed by atoms with van der Waals surface area (Å²) >= 11 is 2.52. The van der Waals surface area contributed by atoms with Crippen molar-refractivity contribution in [3.8, 4) is 5.75 Å². The number of hydrogen-bond acceptors (Lipinski definition) is 5. The Morgan fingerprint density at radius 1 is 0.833 bits per heavy atom. The van der Waals surface area contributed by atoms with E-state index in [-0.39, 0.29) is 38.2 Å². The van der Waals surface area contributed by atoms with Crippen LogP contribution in [-0.2, 0) is 24.9 Å². The first-order valence-electron chi connectivity index (χ1n) is 13.2. The van der Waals surface area contributed by atoms with Crippen LogP contribution in [0.5, 0.6) is 5.75 Å². The van der Waals surface area contributed by atoms with Crippen LogP contribution < -0.4 is 4.74 Å². The Bertz CT molecular complexity index is 775. The van der Waals surface area contributed by atoms with Crippen LogP contribution in [0, 0.1) is 5.92 Å². The van der Waals surface area contributed by atoms with E-state index in [1.165, 1.54) is 0 Å². The zero-order chi connectivity index (χ0) is 27.5. The van der Waals surface area contributed by atoms with E-state index in [1.807, 2.05) is 12.1 Å². The summed E-state index contributed by atoms with van der Waals surface area (Å²) in [6, 6.07) is 8.11. The van der Waals surface area contributed by atoms with E-state index in [1.54, 1.807) is 7.11 Å². The fourth-order valence-electron chi connectivity index (χ4n) is 3.63. The normalized spacial score (nSPS) is 26.2. The summed E-state index contributed by atoms with van der Waals surface area (Å²) in [6.07, 6.45) is -0.0219. The van der Waals surface area contributed by atoms with Crippen molar-refractivity contribution in [3.05, 3.63) is 29.8 Å². The predicted molar refractivity (Wildman–Crippen MR) is 164 cm³/mol. The van der Waals surface area contributed by atoms with Gasteiger partial charge in [-0.25, -0.2) is 0 Å². The number of rotatable bonds is 10. The maximum absolute atomic E-state index is 6.73. The van der Waals surface area contributed by atoms with E-state index in [2.05, 4.69) is 109 Å². The van der Waals surface area contributed by atoms with Crippen LogP contribution in [0.1, 0.15) is 54.0 Å². The maximum atomic E-state index is 6.73. The number of hydrogen-bond donors (Lipinski definition) is 0. The van der Waals surface area contributed by atoms with Crippen LogP contribution in [-0.4, -0.2) is 59.2 Å². The van der Waals surface area contributed by atoms with Crippen LogP contribution in [0.3, 0.4) is 0 Å². The van der Waals surface area contributed by atoms with Gasteiger partial charge in [0.2, 0.25) is 0 Å². The molecule has 0 unspecified atom stereocenters. The van der Waals surface area contributed by atoms with Crippen molar-refractivity contribution in [2.45, 2.75) is 114 Å². The molecule has 1 aliphatic heterocycles. The number of halogens is 1. The van der Waals surface area contributed by atoms with Gasteiger partial charge in [-0.15, -0.1) is 0 Å². The number of benzene rings is 1. The van der Waals surface area contributed by atoms with Gasteiger partial charge in [0.25, 0.3) is 0 Å². The smallest absolute Gasteiger partial charge is 0.192 e. The Labute approximate surface area is 236 Å². The van der Waals surface area contributed by atoms with Crippen molar-refractivity contribution < 1.29 is 23.1 Å². The molecule has 208 valence electrons. The molecule has 36 heavy (non-hydrogen) atoms. The average Bonchev–Trinajstić information content (AvgIpc) is 2.76. The monoisotopic (exact) mass is 650 g/mol. The molecule has 0 spiro atoms. The van der Waals surface area contributed by atoms with Crippen LogP contribution >= 0.6 is 22.6 Å². The summed E-state index contributed by atoms with van der Waals surface area (Å²) in [4.78, 5) is 0. The van der Waals surface area contributed by atoms with Crippen molar-refractivity contribution in [2.75, 3.05) is 20.3 Å². The Morgan fingerprint density at radius 2 is 1.31 bits per heavy atom. The van der Waals surface area contributed by atoms with Gasteiger partial charge >= 0.3 is 0 Å². The van der Waals surface area contributed by atoms with Crippen LogP contribution in [0.25, 0.3) is 0 Å². The molecule has 0 aliphatic carbocycles. The third-order valence-electron chi connectivity index (χ3n) is 8.55. The van der Waals surface area contributed by atoms with Gasteiger partial charge in [0, 0.05) is 5.92 Å². The SMILES string of the molecule is COc1ccc(CO[C@@H]2[C@@H](C)[C@@H](CO[Si](C)(C)C(C)(C)C)O[C@H](CO[Si](C)(C)C(C)(C)C)[C@@H]2I)cc1. The lowest BCUT2D eigenvalue weighted by molar-refractivity contribution is -0.162. The van der Waals surface area contributed by atoms with E-state index in [4.69, 9.17) is 23.1 Å². The van der Waals surface area contributed by atoms with Crippen molar-refractivity contribution >= 4 is 39.2 Å². The zero-order valence-corrected chi connectivity index (χ0v) is 28.9. The minimum atomic E-state index is -1.89. The third kappa shape index (κ3) is 8.26. The molecule has 0 N–H and O–H groups in total. The summed E-state index contributed by atoms with van der Waals surface area (Å²) in [5.74, 6) is 1.06. The van der Waals surface area contributed by atoms with Crippen molar-refractivity contribution in [3.63, 3.8) is 0 Å². The summed E-state index contributed by atoms with van der Waals surface area (Å²) in [6.45, 7) is 26.9. The second kappa shape index (κ2) is 12.5. The summed E-state index contributed by atoms with van der Waals surface area (Å²) in [7, 11) is -2.10. The van der Waals surface area contributed by atoms with Gasteiger partial charge < -0.3 is 23.1 Å². The van der Waals surface area contributed by atoms with Gasteiger partial charge in [-0.3, -0.25) is 0 Å². The molecule has 1 aromatic carbocycles. The second-order valence-electron chi connectivity index (χ2n) is 13.3. The molecular weight excluding hydrogens is 599 g/mol. The molecule has 1 fully saturated rings. The standard InChI is InChI=1S/C28H51IO5Si2/c1-20-23(18-32-35(9,10)27(2,3)4)34-24(19-33-36(11,12)28(5,6)7)25(29)26(20)31-17-21-13-15-22(30-8)16-14-21/h13-16,20,23-26H,17-19H2,1-12H3/t20-,23+,24+,25-,26+/m0/s1. The van der Waals surface area contributed by atoms with E-state index >= 15 is 0 Å². The quantitative estimate of drug-likeness (QED) is 0.147. The average molecular weight is 651 g/mol. The molecule has 0 aromatic heterocycles. The molecule has 5 nitrogen and oxygen atoms in total. The van der Waals surface area contributed by atoms with Gasteiger partial charge in [-0.05, 0) is 54.0 Å². The summed E-state index contributed by atoms with van der Waals surface area (Å²) < 4.78 is 32.1. The first-order chi connectivity index (χ1) is 16.4. The highest BCUT2D eigenvalue weighted by Crippen LogP contribution is 2.40. The fourth-order valence-corrected chi connectivity index (χ4v) is 6.90. The fraction of sp³-hybridized carbons (Fsp3) is 0.786. The number of ether oxygens (including phenoxy) is 3. The summed E-state index contributed by atoms with van der Waals surface area (Å²) in [5, 5.41) is 0.316. The van der Waals surface area contributed by atoms with E-state index in [9.17, 15) is 0 Å². The molecule has 5 atom stereocenters. The van der Waals surface area contributed by atoms with Gasteiger partial charge in [0.15, 0.2) is 16.6 Å². The minimum Gasteiger partial charge on any atom is -0.497 e. The van der Waals surface area contributed by atoms with Gasteiger partial charge in [-0.2, -0.15) is 0 Å². The maximum Gasteiger partial charge on any atom is 0.192 e. The Balaban J connectivity index is 2.19. The lowest BCUT2D eigenvalue weighted by Gasteiger charge is -2.46. The molecule has 1 aromatic rings. The highest BCUT2D eigenvalue weighted by Gasteiger charge is 2.46. The Morgan fingerprint density at radius 3 is 1.75 bits per heavy atom. The highest BCUT2D eigenvalue weighted by molar-refractivity contribution is 14.1. The molecule has 0 amide bonds. The van der Waals surface area contributed by atoms with E-state index < -0.39 is 16.6 Å². The Hall–Kier alpha value is 0.0238. The third-order valence-corrected chi connectivity index (χ3v) is 19.1. The highest BCUT2D eigenvalue weighted by atomic mass is 127. The molecular formula is C28H51IO5Si2. The Kier molecular flexibility index (Phi) is 11.2. The van der Waals surface area contributed by atoms with Gasteiger partial charge in [-0.1, -0.05) is 83.2 Å². The summed E-state index contributed by atoms with van der Waals surface area (Å²) in [5.41, 5.74) is 1.14. The lowest BCUT2D eigenvalue weighted by atomic mass is 9.90. The van der Waals surface area contributed by atoms with Crippen LogP contribution in [0.4, 0.5) is 0 Å². The number of methoxy groups -OCH3 is 1. The predicted octanol–water partition coefficient (Wildman–Crippen LogP) is 7.83. The molecule has 0 radical (unpaired) electrons. The number of alkyl halides is 1. The molecule has 0 saturated carbocycles. The molecule has 1 heterocycles. The molecule has 8 heteroatoms. The first-order valence-corrected chi connectivity index (χ1v) is 20.3. The van der Waals surface area contributed by atoms with Crippen molar-refractivity contribution in [1.29, 1.82) is 0 Å². The molecule has 2 rings (SSSR count).